The zero-order chi connectivity index (χ0) is 20.5. The van der Waals surface area contributed by atoms with Gasteiger partial charge in [0.15, 0.2) is 5.82 Å². The predicted octanol–water partition coefficient (Wildman–Crippen LogP) is 3.03. The van der Waals surface area contributed by atoms with E-state index in [2.05, 4.69) is 6.92 Å². The molecule has 0 spiro atoms. The average Bonchev–Trinajstić information content (AvgIpc) is 3.12. The monoisotopic (exact) mass is 426 g/mol. The molecule has 1 aromatic carbocycles. The third-order valence-electron chi connectivity index (χ3n) is 6.03. The van der Waals surface area contributed by atoms with Gasteiger partial charge >= 0.3 is 0 Å². The molecule has 0 bridgehead atoms. The van der Waals surface area contributed by atoms with Gasteiger partial charge in [-0.25, -0.2) is 4.98 Å². The van der Waals surface area contributed by atoms with Crippen molar-refractivity contribution in [1.82, 2.24) is 9.97 Å². The van der Waals surface area contributed by atoms with Crippen molar-refractivity contribution < 1.29 is 19.1 Å². The summed E-state index contributed by atoms with van der Waals surface area (Å²) < 4.78 is 17.2. The summed E-state index contributed by atoms with van der Waals surface area (Å²) in [6.45, 7) is 6.72. The highest BCUT2D eigenvalue weighted by Gasteiger charge is 2.26. The normalized spacial score (nSPS) is 19.6. The second-order valence-electron chi connectivity index (χ2n) is 8.30. The van der Waals surface area contributed by atoms with Gasteiger partial charge in [-0.1, -0.05) is 13.0 Å². The molecule has 1 aliphatic carbocycles. The number of ether oxygens (including phenoxy) is 3. The molecule has 1 atom stereocenters. The zero-order valence-electron chi connectivity index (χ0n) is 17.6. The molecule has 0 amide bonds. The van der Waals surface area contributed by atoms with E-state index in [9.17, 15) is 0 Å². The average molecular weight is 427 g/mol. The number of nitrogens with one attached hydrogen (secondary N) is 1. The largest absolute Gasteiger partial charge is 0.497 e. The van der Waals surface area contributed by atoms with Crippen LogP contribution in [0.1, 0.15) is 29.6 Å². The first-order valence-electron chi connectivity index (χ1n) is 10.7. The minimum atomic E-state index is 0.683. The Labute approximate surface area is 180 Å². The van der Waals surface area contributed by atoms with Crippen molar-refractivity contribution in [2.45, 2.75) is 32.7 Å². The van der Waals surface area contributed by atoms with E-state index in [1.54, 1.807) is 7.11 Å². The Morgan fingerprint density at radius 1 is 1.20 bits per heavy atom. The number of benzene rings is 1. The van der Waals surface area contributed by atoms with Gasteiger partial charge in [0.25, 0.3) is 0 Å². The van der Waals surface area contributed by atoms with E-state index in [-0.39, 0.29) is 0 Å². The van der Waals surface area contributed by atoms with E-state index in [4.69, 9.17) is 24.2 Å². The van der Waals surface area contributed by atoms with Crippen molar-refractivity contribution in [3.05, 3.63) is 40.5 Å². The van der Waals surface area contributed by atoms with Crippen LogP contribution in [0.2, 0.25) is 0 Å². The van der Waals surface area contributed by atoms with Crippen LogP contribution in [0.4, 0.5) is 0 Å². The lowest BCUT2D eigenvalue weighted by atomic mass is 9.89. The molecular weight excluding hydrogens is 398 g/mol. The van der Waals surface area contributed by atoms with Crippen molar-refractivity contribution in [3.8, 4) is 17.4 Å². The Morgan fingerprint density at radius 2 is 2.03 bits per heavy atom. The van der Waals surface area contributed by atoms with Crippen LogP contribution >= 0.6 is 11.3 Å². The van der Waals surface area contributed by atoms with Crippen molar-refractivity contribution in [2.75, 3.05) is 33.4 Å². The highest BCUT2D eigenvalue weighted by Crippen LogP contribution is 2.42. The maximum atomic E-state index is 6.36. The molecule has 0 radical (unpaired) electrons. The number of aryl methyl sites for hydroxylation is 1. The second-order valence-corrected chi connectivity index (χ2v) is 9.38. The molecule has 30 heavy (non-hydrogen) atoms. The van der Waals surface area contributed by atoms with Crippen molar-refractivity contribution in [2.24, 2.45) is 5.92 Å². The summed E-state index contributed by atoms with van der Waals surface area (Å²) >= 11 is 1.82. The molecule has 0 saturated carbocycles. The molecular formula is C23H28N3O3S+. The summed E-state index contributed by atoms with van der Waals surface area (Å²) in [7, 11) is 1.67. The van der Waals surface area contributed by atoms with Gasteiger partial charge in [0.05, 0.1) is 25.7 Å². The van der Waals surface area contributed by atoms with E-state index < -0.39 is 0 Å². The number of fused-ring (bicyclic) bond motifs is 3. The number of morpholine rings is 1. The number of quaternary nitrogens is 1. The highest BCUT2D eigenvalue weighted by molar-refractivity contribution is 7.18. The Hall–Kier alpha value is -2.22. The van der Waals surface area contributed by atoms with Gasteiger partial charge in [-0.15, -0.1) is 11.3 Å². The van der Waals surface area contributed by atoms with Gasteiger partial charge in [0, 0.05) is 10.9 Å². The maximum absolute atomic E-state index is 6.36. The van der Waals surface area contributed by atoms with E-state index in [1.807, 2.05) is 35.6 Å². The molecule has 7 heteroatoms. The first-order valence-corrected chi connectivity index (χ1v) is 11.6. The quantitative estimate of drug-likeness (QED) is 0.680. The lowest BCUT2D eigenvalue weighted by molar-refractivity contribution is -0.922. The molecule has 1 N–H and O–H groups in total. The van der Waals surface area contributed by atoms with Crippen molar-refractivity contribution in [3.63, 3.8) is 0 Å². The van der Waals surface area contributed by atoms with Gasteiger partial charge in [-0.2, -0.15) is 4.98 Å². The summed E-state index contributed by atoms with van der Waals surface area (Å²) in [6, 6.07) is 7.71. The van der Waals surface area contributed by atoms with Gasteiger partial charge in [-0.3, -0.25) is 0 Å². The fourth-order valence-electron chi connectivity index (χ4n) is 4.34. The topological polar surface area (TPSA) is 57.9 Å². The third kappa shape index (κ3) is 4.02. The Kier molecular flexibility index (Phi) is 5.58. The van der Waals surface area contributed by atoms with Crippen LogP contribution in [-0.4, -0.2) is 43.4 Å². The number of aromatic nitrogens is 2. The predicted molar refractivity (Wildman–Crippen MR) is 117 cm³/mol. The molecule has 2 aliphatic rings. The fourth-order valence-corrected chi connectivity index (χ4v) is 5.73. The van der Waals surface area contributed by atoms with Crippen LogP contribution in [0, 0.1) is 5.92 Å². The summed E-state index contributed by atoms with van der Waals surface area (Å²) in [5.41, 5.74) is 1.39. The zero-order valence-corrected chi connectivity index (χ0v) is 18.4. The number of nitrogens with zero attached hydrogens (tertiary/aromatic N) is 2. The second kappa shape index (κ2) is 8.49. The standard InChI is InChI=1S/C23H27N3O3S/c1-15-6-7-18-19(12-15)30-23-21(18)22(29-17-5-3-4-16(13-17)27-2)24-20(25-23)14-26-8-10-28-11-9-26/h3-5,13,15H,6-12,14H2,1-2H3/p+1/t15-/m0/s1. The van der Waals surface area contributed by atoms with Crippen molar-refractivity contribution >= 4 is 21.6 Å². The van der Waals surface area contributed by atoms with Crippen molar-refractivity contribution in [1.29, 1.82) is 0 Å². The number of thiophene rings is 1. The molecule has 6 nitrogen and oxygen atoms in total. The van der Waals surface area contributed by atoms with Gasteiger partial charge < -0.3 is 19.1 Å². The molecule has 2 aromatic heterocycles. The minimum absolute atomic E-state index is 0.683. The first-order chi connectivity index (χ1) is 14.7. The molecule has 1 aliphatic heterocycles. The summed E-state index contributed by atoms with van der Waals surface area (Å²) in [4.78, 5) is 13.9. The molecule has 3 heterocycles. The van der Waals surface area contributed by atoms with Crippen LogP contribution in [0.25, 0.3) is 10.2 Å². The number of methoxy groups -OCH3 is 1. The van der Waals surface area contributed by atoms with E-state index in [0.717, 1.165) is 79.1 Å². The first kappa shape index (κ1) is 19.7. The Balaban J connectivity index is 1.55. The number of hydrogen-bond donors (Lipinski definition) is 1. The van der Waals surface area contributed by atoms with Gasteiger partial charge in [0.1, 0.15) is 36.0 Å². The van der Waals surface area contributed by atoms with Gasteiger partial charge in [-0.05, 0) is 42.9 Å². The molecule has 1 saturated heterocycles. The van der Waals surface area contributed by atoms with Crippen LogP contribution in [0.15, 0.2) is 24.3 Å². The highest BCUT2D eigenvalue weighted by atomic mass is 32.1. The number of hydrogen-bond acceptors (Lipinski definition) is 6. The maximum Gasteiger partial charge on any atom is 0.231 e. The molecule has 3 aromatic rings. The lowest BCUT2D eigenvalue weighted by Gasteiger charge is -2.23. The van der Waals surface area contributed by atoms with Crippen LogP contribution in [0.5, 0.6) is 17.4 Å². The molecule has 5 rings (SSSR count). The van der Waals surface area contributed by atoms with Crippen LogP contribution in [-0.2, 0) is 24.1 Å². The number of rotatable bonds is 5. The third-order valence-corrected chi connectivity index (χ3v) is 7.18. The molecule has 158 valence electrons. The van der Waals surface area contributed by atoms with Crippen LogP contribution in [0.3, 0.4) is 0 Å². The van der Waals surface area contributed by atoms with Gasteiger partial charge in [0.2, 0.25) is 5.88 Å². The molecule has 1 fully saturated rings. The van der Waals surface area contributed by atoms with E-state index in [1.165, 1.54) is 21.8 Å². The molecule has 0 unspecified atom stereocenters. The Bertz CT molecular complexity index is 1050. The fraction of sp³-hybridized carbons (Fsp3) is 0.478. The summed E-state index contributed by atoms with van der Waals surface area (Å²) in [6.07, 6.45) is 3.40. The lowest BCUT2D eigenvalue weighted by Crippen LogP contribution is -3.12. The SMILES string of the molecule is COc1cccc(Oc2nc(C[NH+]3CCOCC3)nc3sc4c(c23)CC[C@H](C)C4)c1. The summed E-state index contributed by atoms with van der Waals surface area (Å²) in [5.74, 6) is 3.77. The van der Waals surface area contributed by atoms with E-state index in [0.29, 0.717) is 5.88 Å². The summed E-state index contributed by atoms with van der Waals surface area (Å²) in [5, 5.41) is 1.10. The van der Waals surface area contributed by atoms with Crippen LogP contribution < -0.4 is 14.4 Å². The minimum Gasteiger partial charge on any atom is -0.497 e. The smallest absolute Gasteiger partial charge is 0.231 e. The van der Waals surface area contributed by atoms with E-state index >= 15 is 0 Å². The Morgan fingerprint density at radius 3 is 2.87 bits per heavy atom.